The van der Waals surface area contributed by atoms with Crippen LogP contribution >= 0.6 is 0 Å². The Morgan fingerprint density at radius 1 is 1.03 bits per heavy atom. The van der Waals surface area contributed by atoms with E-state index >= 15 is 0 Å². The number of carbonyl (C=O) groups is 1. The van der Waals surface area contributed by atoms with E-state index in [1.54, 1.807) is 17.9 Å². The number of anilines is 2. The monoisotopic (exact) mass is 454 g/mol. The maximum absolute atomic E-state index is 12.7. The van der Waals surface area contributed by atoms with Crippen LogP contribution in [0.1, 0.15) is 37.4 Å². The van der Waals surface area contributed by atoms with Gasteiger partial charge in [0.25, 0.3) is 0 Å². The normalized spacial score (nSPS) is 17.9. The number of amides is 1. The molecular weight excluding hydrogens is 429 g/mol. The zero-order valence-electron chi connectivity index (χ0n) is 18.6. The summed E-state index contributed by atoms with van der Waals surface area (Å²) in [5, 5.41) is 3.36. The zero-order valence-corrected chi connectivity index (χ0v) is 18.6. The van der Waals surface area contributed by atoms with E-state index in [-0.39, 0.29) is 23.7 Å². The topological polar surface area (TPSA) is 41.6 Å². The average Bonchev–Trinajstić information content (AvgIpc) is 2.72. The lowest BCUT2D eigenvalue weighted by Crippen LogP contribution is -2.43. The molecule has 1 N–H and O–H groups in total. The molecule has 0 saturated heterocycles. The molecule has 0 spiro atoms. The Hall–Kier alpha value is -3.48. The highest BCUT2D eigenvalue weighted by Gasteiger charge is 2.33. The van der Waals surface area contributed by atoms with Crippen molar-refractivity contribution in [1.29, 1.82) is 0 Å². The van der Waals surface area contributed by atoms with Gasteiger partial charge in [0.2, 0.25) is 5.91 Å². The van der Waals surface area contributed by atoms with Gasteiger partial charge in [-0.05, 0) is 61.2 Å². The molecule has 1 aliphatic rings. The van der Waals surface area contributed by atoms with Crippen LogP contribution in [0.15, 0.2) is 66.7 Å². The van der Waals surface area contributed by atoms with Gasteiger partial charge in [0, 0.05) is 30.4 Å². The maximum atomic E-state index is 12.7. The fourth-order valence-corrected chi connectivity index (χ4v) is 4.47. The molecular formula is C26H25F3N2O2. The molecule has 1 amide bonds. The highest BCUT2D eigenvalue weighted by Crippen LogP contribution is 2.41. The Bertz CT molecular complexity index is 1180. The second kappa shape index (κ2) is 8.81. The predicted octanol–water partition coefficient (Wildman–Crippen LogP) is 6.86. The fraction of sp³-hybridized carbons (Fsp3) is 0.269. The van der Waals surface area contributed by atoms with E-state index < -0.39 is 6.36 Å². The number of carbonyl (C=O) groups excluding carboxylic acids is 1. The third kappa shape index (κ3) is 5.13. The minimum absolute atomic E-state index is 0.0499. The van der Waals surface area contributed by atoms with Crippen molar-refractivity contribution in [3.05, 3.63) is 77.9 Å². The van der Waals surface area contributed by atoms with Crippen LogP contribution in [0.3, 0.4) is 0 Å². The Balaban J connectivity index is 1.73. The molecule has 0 saturated carbocycles. The van der Waals surface area contributed by atoms with Crippen LogP contribution < -0.4 is 15.0 Å². The number of benzene rings is 3. The molecule has 0 fully saturated rings. The van der Waals surface area contributed by atoms with E-state index in [1.807, 2.05) is 44.2 Å². The molecule has 0 bridgehead atoms. The highest BCUT2D eigenvalue weighted by molar-refractivity contribution is 5.94. The van der Waals surface area contributed by atoms with Gasteiger partial charge in [0.05, 0.1) is 6.04 Å². The summed E-state index contributed by atoms with van der Waals surface area (Å²) in [6, 6.07) is 19.7. The maximum Gasteiger partial charge on any atom is 0.573 e. The lowest BCUT2D eigenvalue weighted by Gasteiger charge is -2.39. The average molecular weight is 454 g/mol. The van der Waals surface area contributed by atoms with Gasteiger partial charge in [0.1, 0.15) is 5.75 Å². The van der Waals surface area contributed by atoms with Crippen LogP contribution in [0.2, 0.25) is 0 Å². The lowest BCUT2D eigenvalue weighted by atomic mass is 9.88. The minimum Gasteiger partial charge on any atom is -0.406 e. The number of aryl methyl sites for hydroxylation is 1. The quantitative estimate of drug-likeness (QED) is 0.468. The summed E-state index contributed by atoms with van der Waals surface area (Å²) in [6.45, 7) is 5.54. The van der Waals surface area contributed by atoms with Crippen LogP contribution in [0, 0.1) is 6.92 Å². The third-order valence-corrected chi connectivity index (χ3v) is 5.78. The number of ether oxygens (including phenoxy) is 1. The summed E-state index contributed by atoms with van der Waals surface area (Å²) in [4.78, 5) is 14.2. The van der Waals surface area contributed by atoms with Crippen molar-refractivity contribution >= 4 is 17.3 Å². The van der Waals surface area contributed by atoms with Crippen molar-refractivity contribution in [3.8, 4) is 16.9 Å². The third-order valence-electron chi connectivity index (χ3n) is 5.78. The van der Waals surface area contributed by atoms with Gasteiger partial charge in [-0.25, -0.2) is 0 Å². The summed E-state index contributed by atoms with van der Waals surface area (Å²) in [5.74, 6) is -0.332. The van der Waals surface area contributed by atoms with Gasteiger partial charge < -0.3 is 15.0 Å². The molecule has 0 aromatic heterocycles. The molecule has 4 rings (SSSR count). The summed E-state index contributed by atoms with van der Waals surface area (Å²) < 4.78 is 42.0. The van der Waals surface area contributed by atoms with Crippen molar-refractivity contribution < 1.29 is 22.7 Å². The summed E-state index contributed by atoms with van der Waals surface area (Å²) in [5.41, 5.74) is 5.45. The first-order valence-corrected chi connectivity index (χ1v) is 10.7. The van der Waals surface area contributed by atoms with Gasteiger partial charge in [-0.1, -0.05) is 42.0 Å². The lowest BCUT2D eigenvalue weighted by molar-refractivity contribution is -0.274. The smallest absolute Gasteiger partial charge is 0.406 e. The van der Waals surface area contributed by atoms with Gasteiger partial charge in [-0.2, -0.15) is 0 Å². The minimum atomic E-state index is -4.75. The number of alkyl halides is 3. The first-order valence-electron chi connectivity index (χ1n) is 10.7. The first-order chi connectivity index (χ1) is 15.6. The van der Waals surface area contributed by atoms with Crippen LogP contribution in [0.25, 0.3) is 11.1 Å². The van der Waals surface area contributed by atoms with Gasteiger partial charge in [-0.3, -0.25) is 4.79 Å². The number of fused-ring (bicyclic) bond motifs is 1. The Kier molecular flexibility index (Phi) is 6.06. The number of halogens is 3. The molecule has 3 aromatic rings. The SMILES string of the molecule is CC(=O)N1c2ccc(-c3cccc(C)c3)cc2[C@H](Nc2cccc(OC(F)(F)F)c2)C[C@@H]1C. The van der Waals surface area contributed by atoms with Crippen LogP contribution in [0.5, 0.6) is 5.75 Å². The molecule has 1 heterocycles. The number of hydrogen-bond acceptors (Lipinski definition) is 3. The molecule has 2 atom stereocenters. The van der Waals surface area contributed by atoms with Crippen molar-refractivity contribution in [1.82, 2.24) is 0 Å². The van der Waals surface area contributed by atoms with E-state index in [9.17, 15) is 18.0 Å². The largest absolute Gasteiger partial charge is 0.573 e. The second-order valence-electron chi connectivity index (χ2n) is 8.39. The molecule has 7 heteroatoms. The van der Waals surface area contributed by atoms with E-state index in [0.29, 0.717) is 12.1 Å². The molecule has 3 aromatic carbocycles. The molecule has 0 radical (unpaired) electrons. The van der Waals surface area contributed by atoms with Gasteiger partial charge in [0.15, 0.2) is 0 Å². The number of hydrogen-bond donors (Lipinski definition) is 1. The van der Waals surface area contributed by atoms with Gasteiger partial charge >= 0.3 is 6.36 Å². The predicted molar refractivity (Wildman–Crippen MR) is 123 cm³/mol. The Morgan fingerprint density at radius 2 is 1.76 bits per heavy atom. The van der Waals surface area contributed by atoms with Crippen molar-refractivity contribution in [2.75, 3.05) is 10.2 Å². The molecule has 172 valence electrons. The standard InChI is InChI=1S/C26H25F3N2O2/c1-16-6-4-7-19(12-16)20-10-11-25-23(14-20)24(13-17(2)31(25)18(3)32)30-21-8-5-9-22(15-21)33-26(27,28)29/h4-12,14-15,17,24,30H,13H2,1-3H3/t17-,24+/m0/s1. The highest BCUT2D eigenvalue weighted by atomic mass is 19.4. The Labute approximate surface area is 191 Å². The molecule has 1 aliphatic heterocycles. The fourth-order valence-electron chi connectivity index (χ4n) is 4.47. The zero-order chi connectivity index (χ0) is 23.8. The second-order valence-corrected chi connectivity index (χ2v) is 8.39. The summed E-state index contributed by atoms with van der Waals surface area (Å²) >= 11 is 0. The van der Waals surface area contributed by atoms with E-state index in [0.717, 1.165) is 27.9 Å². The van der Waals surface area contributed by atoms with Crippen molar-refractivity contribution in [2.45, 2.75) is 45.6 Å². The summed E-state index contributed by atoms with van der Waals surface area (Å²) in [6.07, 6.45) is -4.15. The molecule has 0 unspecified atom stereocenters. The van der Waals surface area contributed by atoms with E-state index in [1.165, 1.54) is 18.2 Å². The van der Waals surface area contributed by atoms with E-state index in [4.69, 9.17) is 0 Å². The number of nitrogens with one attached hydrogen (secondary N) is 1. The van der Waals surface area contributed by atoms with Crippen molar-refractivity contribution in [2.24, 2.45) is 0 Å². The molecule has 33 heavy (non-hydrogen) atoms. The van der Waals surface area contributed by atoms with E-state index in [2.05, 4.69) is 22.2 Å². The van der Waals surface area contributed by atoms with Crippen LogP contribution in [0.4, 0.5) is 24.5 Å². The molecule has 0 aliphatic carbocycles. The summed E-state index contributed by atoms with van der Waals surface area (Å²) in [7, 11) is 0. The number of nitrogens with zero attached hydrogens (tertiary/aromatic N) is 1. The van der Waals surface area contributed by atoms with Crippen molar-refractivity contribution in [3.63, 3.8) is 0 Å². The molecule has 4 nitrogen and oxygen atoms in total. The van der Waals surface area contributed by atoms with Gasteiger partial charge in [-0.15, -0.1) is 13.2 Å². The first kappa shape index (κ1) is 22.7. The van der Waals surface area contributed by atoms with Crippen LogP contribution in [-0.4, -0.2) is 18.3 Å². The Morgan fingerprint density at radius 3 is 2.45 bits per heavy atom. The van der Waals surface area contributed by atoms with Crippen LogP contribution in [-0.2, 0) is 4.79 Å². The number of rotatable bonds is 4.